The van der Waals surface area contributed by atoms with Gasteiger partial charge in [0.05, 0.1) is 0 Å². The lowest BCUT2D eigenvalue weighted by atomic mass is 10.0. The minimum atomic E-state index is -0.672. The number of carbonyl (C=O) groups excluding carboxylic acids is 1. The Kier molecular flexibility index (Phi) is 4.27. The summed E-state index contributed by atoms with van der Waals surface area (Å²) in [6.07, 6.45) is 0.229. The zero-order chi connectivity index (χ0) is 13.8. The Morgan fingerprint density at radius 1 is 0.895 bits per heavy atom. The van der Waals surface area contributed by atoms with Gasteiger partial charge in [-0.3, -0.25) is 4.79 Å². The minimum absolute atomic E-state index is 0.0112. The summed E-state index contributed by atoms with van der Waals surface area (Å²) in [5.74, 6) is -1.45. The number of hydrogen-bond donors (Lipinski definition) is 0. The van der Waals surface area contributed by atoms with E-state index in [9.17, 15) is 13.6 Å². The summed E-state index contributed by atoms with van der Waals surface area (Å²) in [7, 11) is 0. The summed E-state index contributed by atoms with van der Waals surface area (Å²) < 4.78 is 26.0. The zero-order valence-electron chi connectivity index (χ0n) is 10.00. The number of Topliss-reactive ketones (excluding diaryl/α,β-unsaturated/α-hetero) is 1. The van der Waals surface area contributed by atoms with Crippen molar-refractivity contribution in [1.82, 2.24) is 0 Å². The highest BCUT2D eigenvalue weighted by atomic mass is 35.5. The quantitative estimate of drug-likeness (QED) is 0.828. The lowest BCUT2D eigenvalue weighted by Crippen LogP contribution is -2.07. The molecule has 0 radical (unpaired) electrons. The first-order chi connectivity index (χ1) is 9.02. The lowest BCUT2D eigenvalue weighted by Gasteiger charge is -2.03. The van der Waals surface area contributed by atoms with Crippen molar-refractivity contribution in [3.8, 4) is 0 Å². The molecule has 0 fully saturated rings. The van der Waals surface area contributed by atoms with Crippen LogP contribution in [0.2, 0.25) is 5.02 Å². The normalized spacial score (nSPS) is 10.5. The van der Waals surface area contributed by atoms with Gasteiger partial charge in [-0.2, -0.15) is 0 Å². The summed E-state index contributed by atoms with van der Waals surface area (Å²) in [4.78, 5) is 11.8. The maximum absolute atomic E-state index is 13.0. The number of rotatable bonds is 4. The number of ketones is 1. The Hall–Kier alpha value is -1.74. The second-order valence-corrected chi connectivity index (χ2v) is 4.73. The smallest absolute Gasteiger partial charge is 0.141 e. The molecule has 4 heteroatoms. The van der Waals surface area contributed by atoms with Crippen molar-refractivity contribution >= 4 is 17.4 Å². The van der Waals surface area contributed by atoms with Gasteiger partial charge in [0.2, 0.25) is 0 Å². The highest BCUT2D eigenvalue weighted by Gasteiger charge is 2.08. The van der Waals surface area contributed by atoms with E-state index < -0.39 is 11.6 Å². The van der Waals surface area contributed by atoms with E-state index in [0.717, 1.165) is 11.6 Å². The molecule has 0 aliphatic heterocycles. The van der Waals surface area contributed by atoms with Crippen molar-refractivity contribution in [1.29, 1.82) is 0 Å². The Bertz CT molecular complexity index is 573. The van der Waals surface area contributed by atoms with Gasteiger partial charge in [0.1, 0.15) is 17.4 Å². The fraction of sp³-hybridized carbons (Fsp3) is 0.133. The molecule has 0 N–H and O–H groups in total. The molecule has 98 valence electrons. The molecule has 1 nitrogen and oxygen atoms in total. The molecule has 0 aliphatic rings. The standard InChI is InChI=1S/C15H11ClF2O/c16-12-3-1-10(2-4-12)7-15(19)8-11-5-13(17)9-14(18)6-11/h1-6,9H,7-8H2. The third kappa shape index (κ3) is 4.14. The number of halogens is 3. The molecule has 0 unspecified atom stereocenters. The molecule has 0 atom stereocenters. The monoisotopic (exact) mass is 280 g/mol. The van der Waals surface area contributed by atoms with Crippen molar-refractivity contribution in [2.45, 2.75) is 12.8 Å². The van der Waals surface area contributed by atoms with Crippen LogP contribution in [-0.4, -0.2) is 5.78 Å². The van der Waals surface area contributed by atoms with Crippen molar-refractivity contribution < 1.29 is 13.6 Å². The maximum atomic E-state index is 13.0. The van der Waals surface area contributed by atoms with Crippen LogP contribution in [0.5, 0.6) is 0 Å². The topological polar surface area (TPSA) is 17.1 Å². The van der Waals surface area contributed by atoms with Crippen LogP contribution in [0.4, 0.5) is 8.78 Å². The molecule has 19 heavy (non-hydrogen) atoms. The van der Waals surface area contributed by atoms with Crippen LogP contribution in [0, 0.1) is 11.6 Å². The minimum Gasteiger partial charge on any atom is -0.299 e. The largest absolute Gasteiger partial charge is 0.299 e. The van der Waals surface area contributed by atoms with Gasteiger partial charge in [-0.25, -0.2) is 8.78 Å². The van der Waals surface area contributed by atoms with Crippen molar-refractivity contribution in [3.05, 3.63) is 70.2 Å². The highest BCUT2D eigenvalue weighted by molar-refractivity contribution is 6.30. The maximum Gasteiger partial charge on any atom is 0.141 e. The Balaban J connectivity index is 2.03. The predicted octanol–water partition coefficient (Wildman–Crippen LogP) is 3.97. The van der Waals surface area contributed by atoms with Crippen LogP contribution >= 0.6 is 11.6 Å². The van der Waals surface area contributed by atoms with Gasteiger partial charge in [-0.15, -0.1) is 0 Å². The second kappa shape index (κ2) is 5.93. The van der Waals surface area contributed by atoms with Crippen LogP contribution in [0.15, 0.2) is 42.5 Å². The average Bonchev–Trinajstić information content (AvgIpc) is 2.30. The van der Waals surface area contributed by atoms with Gasteiger partial charge < -0.3 is 0 Å². The van der Waals surface area contributed by atoms with Gasteiger partial charge >= 0.3 is 0 Å². The van der Waals surface area contributed by atoms with Gasteiger partial charge in [0.25, 0.3) is 0 Å². The first kappa shape index (κ1) is 13.7. The van der Waals surface area contributed by atoms with Crippen molar-refractivity contribution in [3.63, 3.8) is 0 Å². The molecular formula is C15H11ClF2O. The Labute approximate surface area is 114 Å². The van der Waals surface area contributed by atoms with Gasteiger partial charge in [0, 0.05) is 23.9 Å². The molecule has 0 aliphatic carbocycles. The average molecular weight is 281 g/mol. The first-order valence-corrected chi connectivity index (χ1v) is 6.12. The summed E-state index contributed by atoms with van der Waals surface area (Å²) >= 11 is 5.74. The third-order valence-corrected chi connectivity index (χ3v) is 2.89. The Morgan fingerprint density at radius 3 is 2.00 bits per heavy atom. The second-order valence-electron chi connectivity index (χ2n) is 4.30. The molecule has 2 aromatic rings. The molecule has 0 amide bonds. The molecule has 0 saturated carbocycles. The van der Waals surface area contributed by atoms with Gasteiger partial charge in [-0.1, -0.05) is 23.7 Å². The van der Waals surface area contributed by atoms with Crippen LogP contribution in [-0.2, 0) is 17.6 Å². The summed E-state index contributed by atoms with van der Waals surface area (Å²) in [6, 6.07) is 10.0. The number of benzene rings is 2. The van der Waals surface area contributed by atoms with Gasteiger partial charge in [-0.05, 0) is 35.4 Å². The molecule has 2 rings (SSSR count). The van der Waals surface area contributed by atoms with Crippen molar-refractivity contribution in [2.75, 3.05) is 0 Å². The SMILES string of the molecule is O=C(Cc1ccc(Cl)cc1)Cc1cc(F)cc(F)c1. The Morgan fingerprint density at radius 2 is 1.42 bits per heavy atom. The van der Waals surface area contributed by atoms with E-state index in [0.29, 0.717) is 10.6 Å². The predicted molar refractivity (Wildman–Crippen MR) is 70.2 cm³/mol. The van der Waals surface area contributed by atoms with Crippen LogP contribution in [0.1, 0.15) is 11.1 Å². The highest BCUT2D eigenvalue weighted by Crippen LogP contribution is 2.13. The van der Waals surface area contributed by atoms with E-state index in [4.69, 9.17) is 11.6 Å². The van der Waals surface area contributed by atoms with Crippen LogP contribution < -0.4 is 0 Å². The third-order valence-electron chi connectivity index (χ3n) is 2.64. The molecule has 0 heterocycles. The molecule has 0 aromatic heterocycles. The summed E-state index contributed by atoms with van der Waals surface area (Å²) in [6.45, 7) is 0. The van der Waals surface area contributed by atoms with Gasteiger partial charge in [0.15, 0.2) is 0 Å². The number of hydrogen-bond acceptors (Lipinski definition) is 1. The lowest BCUT2D eigenvalue weighted by molar-refractivity contribution is -0.117. The van der Waals surface area contributed by atoms with E-state index >= 15 is 0 Å². The summed E-state index contributed by atoms with van der Waals surface area (Å²) in [5, 5.41) is 0.600. The van der Waals surface area contributed by atoms with Crippen LogP contribution in [0.25, 0.3) is 0 Å². The first-order valence-electron chi connectivity index (χ1n) is 5.74. The molecular weight excluding hydrogens is 270 g/mol. The van der Waals surface area contributed by atoms with E-state index in [2.05, 4.69) is 0 Å². The molecule has 0 bridgehead atoms. The fourth-order valence-electron chi connectivity index (χ4n) is 1.83. The van der Waals surface area contributed by atoms with E-state index in [1.165, 1.54) is 12.1 Å². The fourth-order valence-corrected chi connectivity index (χ4v) is 1.96. The zero-order valence-corrected chi connectivity index (χ0v) is 10.8. The van der Waals surface area contributed by atoms with Crippen molar-refractivity contribution in [2.24, 2.45) is 0 Å². The molecule has 0 saturated heterocycles. The molecule has 0 spiro atoms. The number of carbonyl (C=O) groups is 1. The van der Waals surface area contributed by atoms with E-state index in [1.807, 2.05) is 0 Å². The summed E-state index contributed by atoms with van der Waals surface area (Å²) in [5.41, 5.74) is 1.17. The van der Waals surface area contributed by atoms with E-state index in [1.54, 1.807) is 24.3 Å². The van der Waals surface area contributed by atoms with E-state index in [-0.39, 0.29) is 18.6 Å². The molecule has 2 aromatic carbocycles. The van der Waals surface area contributed by atoms with Crippen LogP contribution in [0.3, 0.4) is 0 Å².